The van der Waals surface area contributed by atoms with Gasteiger partial charge in [-0.2, -0.15) is 0 Å². The number of halogens is 2. The van der Waals surface area contributed by atoms with Crippen LogP contribution in [0.2, 0.25) is 0 Å². The molecule has 0 saturated heterocycles. The molecule has 1 N–H and O–H groups in total. The first kappa shape index (κ1) is 15.8. The summed E-state index contributed by atoms with van der Waals surface area (Å²) in [6.45, 7) is 0. The first-order valence-electron chi connectivity index (χ1n) is 8.38. The highest BCUT2D eigenvalue weighted by Gasteiger charge is 2.29. The van der Waals surface area contributed by atoms with Crippen LogP contribution in [0.4, 0.5) is 8.78 Å². The highest BCUT2D eigenvalue weighted by atomic mass is 19.1. The van der Waals surface area contributed by atoms with E-state index < -0.39 is 11.6 Å². The second-order valence-electron chi connectivity index (χ2n) is 6.49. The average Bonchev–Trinajstić information content (AvgIpc) is 2.89. The lowest BCUT2D eigenvalue weighted by Gasteiger charge is -2.25. The maximum Gasteiger partial charge on any atom is 0.251 e. The van der Waals surface area contributed by atoms with Crippen molar-refractivity contribution in [3.8, 4) is 0 Å². The molecule has 1 unspecified atom stereocenters. The van der Waals surface area contributed by atoms with Gasteiger partial charge in [0.2, 0.25) is 0 Å². The van der Waals surface area contributed by atoms with Crippen molar-refractivity contribution in [2.75, 3.05) is 0 Å². The molecular weight excluding hydrogens is 322 g/mol. The lowest BCUT2D eigenvalue weighted by molar-refractivity contribution is 0.0931. The van der Waals surface area contributed by atoms with Crippen molar-refractivity contribution in [1.82, 2.24) is 9.88 Å². The molecule has 5 heteroatoms. The second kappa shape index (κ2) is 5.99. The van der Waals surface area contributed by atoms with Crippen LogP contribution in [0.15, 0.2) is 42.5 Å². The molecule has 128 valence electrons. The molecule has 1 aliphatic rings. The third-order valence-corrected chi connectivity index (χ3v) is 4.95. The van der Waals surface area contributed by atoms with Gasteiger partial charge in [0, 0.05) is 29.8 Å². The van der Waals surface area contributed by atoms with Crippen LogP contribution in [-0.2, 0) is 13.5 Å². The number of hydrogen-bond donors (Lipinski definition) is 1. The number of aryl methyl sites for hydroxylation is 2. The standard InChI is InChI=1S/C20H18F2N2O/c1-24-18-15(10-13(21)11-16(18)22)14-8-5-9-17(19(14)24)23-20(25)12-6-3-2-4-7-12/h2-4,6-7,10-11,17H,5,8-9H2,1H3,(H,23,25). The maximum absolute atomic E-state index is 14.3. The zero-order chi connectivity index (χ0) is 17.6. The van der Waals surface area contributed by atoms with Gasteiger partial charge in [0.05, 0.1) is 11.6 Å². The fourth-order valence-electron chi connectivity index (χ4n) is 3.90. The maximum atomic E-state index is 14.3. The molecule has 0 spiro atoms. The van der Waals surface area contributed by atoms with E-state index in [1.54, 1.807) is 23.7 Å². The number of rotatable bonds is 2. The van der Waals surface area contributed by atoms with E-state index in [4.69, 9.17) is 0 Å². The molecule has 1 aromatic heterocycles. The molecule has 3 aromatic rings. The Labute approximate surface area is 144 Å². The van der Waals surface area contributed by atoms with Gasteiger partial charge in [-0.3, -0.25) is 4.79 Å². The Bertz CT molecular complexity index is 963. The molecule has 0 bridgehead atoms. The number of nitrogens with one attached hydrogen (secondary N) is 1. The quantitative estimate of drug-likeness (QED) is 0.743. The SMILES string of the molecule is Cn1c2c(c3cc(F)cc(F)c31)CCCC2NC(=O)c1ccccc1. The first-order valence-corrected chi connectivity index (χ1v) is 8.38. The first-order chi connectivity index (χ1) is 12.1. The minimum Gasteiger partial charge on any atom is -0.344 e. The van der Waals surface area contributed by atoms with Gasteiger partial charge in [-0.15, -0.1) is 0 Å². The lowest BCUT2D eigenvalue weighted by atomic mass is 9.91. The van der Waals surface area contributed by atoms with Gasteiger partial charge in [-0.05, 0) is 43.0 Å². The van der Waals surface area contributed by atoms with E-state index in [1.165, 1.54) is 6.07 Å². The predicted molar refractivity (Wildman–Crippen MR) is 92.4 cm³/mol. The molecule has 1 atom stereocenters. The van der Waals surface area contributed by atoms with Gasteiger partial charge < -0.3 is 9.88 Å². The third-order valence-electron chi connectivity index (χ3n) is 4.95. The summed E-state index contributed by atoms with van der Waals surface area (Å²) in [5, 5.41) is 3.66. The summed E-state index contributed by atoms with van der Waals surface area (Å²) < 4.78 is 29.7. The van der Waals surface area contributed by atoms with Gasteiger partial charge in [0.1, 0.15) is 11.6 Å². The number of carbonyl (C=O) groups excluding carboxylic acids is 1. The average molecular weight is 340 g/mol. The van der Waals surface area contributed by atoms with Gasteiger partial charge in [0.15, 0.2) is 0 Å². The van der Waals surface area contributed by atoms with Gasteiger partial charge in [-0.25, -0.2) is 8.78 Å². The minimum atomic E-state index is -0.575. The number of aromatic nitrogens is 1. The van der Waals surface area contributed by atoms with Crippen molar-refractivity contribution in [3.05, 3.63) is 70.9 Å². The van der Waals surface area contributed by atoms with E-state index in [2.05, 4.69) is 5.32 Å². The van der Waals surface area contributed by atoms with Gasteiger partial charge in [0.25, 0.3) is 5.91 Å². The Balaban J connectivity index is 1.77. The molecule has 3 nitrogen and oxygen atoms in total. The zero-order valence-corrected chi connectivity index (χ0v) is 13.9. The summed E-state index contributed by atoms with van der Waals surface area (Å²) >= 11 is 0. The van der Waals surface area contributed by atoms with Crippen molar-refractivity contribution in [3.63, 3.8) is 0 Å². The molecule has 0 fully saturated rings. The molecule has 1 amide bonds. The van der Waals surface area contributed by atoms with Crippen LogP contribution in [0, 0.1) is 11.6 Å². The van der Waals surface area contributed by atoms with Crippen LogP contribution in [0.1, 0.15) is 40.5 Å². The van der Waals surface area contributed by atoms with Crippen molar-refractivity contribution < 1.29 is 13.6 Å². The third kappa shape index (κ3) is 2.60. The van der Waals surface area contributed by atoms with E-state index in [0.29, 0.717) is 16.5 Å². The smallest absolute Gasteiger partial charge is 0.251 e. The van der Waals surface area contributed by atoms with Crippen LogP contribution in [0.25, 0.3) is 10.9 Å². The van der Waals surface area contributed by atoms with Crippen LogP contribution in [0.3, 0.4) is 0 Å². The minimum absolute atomic E-state index is 0.157. The Morgan fingerprint density at radius 2 is 1.96 bits per heavy atom. The summed E-state index contributed by atoms with van der Waals surface area (Å²) in [6.07, 6.45) is 2.40. The van der Waals surface area contributed by atoms with Crippen molar-refractivity contribution >= 4 is 16.8 Å². The molecule has 1 aliphatic carbocycles. The number of hydrogen-bond acceptors (Lipinski definition) is 1. The summed E-state index contributed by atoms with van der Waals surface area (Å²) in [7, 11) is 1.77. The normalized spacial score (nSPS) is 16.7. The van der Waals surface area contributed by atoms with Crippen molar-refractivity contribution in [2.24, 2.45) is 7.05 Å². The fraction of sp³-hybridized carbons (Fsp3) is 0.250. The van der Waals surface area contributed by atoms with Crippen molar-refractivity contribution in [2.45, 2.75) is 25.3 Å². The Morgan fingerprint density at radius 3 is 2.72 bits per heavy atom. The number of fused-ring (bicyclic) bond motifs is 3. The van der Waals surface area contributed by atoms with E-state index >= 15 is 0 Å². The Kier molecular flexibility index (Phi) is 3.79. The van der Waals surface area contributed by atoms with Crippen molar-refractivity contribution in [1.29, 1.82) is 0 Å². The predicted octanol–water partition coefficient (Wildman–Crippen LogP) is 4.26. The number of carbonyl (C=O) groups is 1. The van der Waals surface area contributed by atoms with E-state index in [0.717, 1.165) is 36.6 Å². The summed E-state index contributed by atoms with van der Waals surface area (Å²) in [5.74, 6) is -1.30. The zero-order valence-electron chi connectivity index (χ0n) is 13.9. The summed E-state index contributed by atoms with van der Waals surface area (Å²) in [5.41, 5.74) is 2.79. The van der Waals surface area contributed by atoms with Crippen LogP contribution in [0.5, 0.6) is 0 Å². The highest BCUT2D eigenvalue weighted by molar-refractivity contribution is 5.94. The number of benzene rings is 2. The molecule has 4 rings (SSSR count). The van der Waals surface area contributed by atoms with E-state index in [1.807, 2.05) is 18.2 Å². The van der Waals surface area contributed by atoms with E-state index in [9.17, 15) is 13.6 Å². The highest BCUT2D eigenvalue weighted by Crippen LogP contribution is 2.38. The van der Waals surface area contributed by atoms with Crippen LogP contribution in [-0.4, -0.2) is 10.5 Å². The summed E-state index contributed by atoms with van der Waals surface area (Å²) in [4.78, 5) is 12.5. The molecule has 0 saturated carbocycles. The summed E-state index contributed by atoms with van der Waals surface area (Å²) in [6, 6.07) is 11.1. The molecule has 1 heterocycles. The topological polar surface area (TPSA) is 34.0 Å². The Morgan fingerprint density at radius 1 is 1.20 bits per heavy atom. The monoisotopic (exact) mass is 340 g/mol. The van der Waals surface area contributed by atoms with Gasteiger partial charge in [-0.1, -0.05) is 18.2 Å². The van der Waals surface area contributed by atoms with Gasteiger partial charge >= 0.3 is 0 Å². The molecule has 0 radical (unpaired) electrons. The van der Waals surface area contributed by atoms with Crippen LogP contribution < -0.4 is 5.32 Å². The van der Waals surface area contributed by atoms with E-state index in [-0.39, 0.29) is 11.9 Å². The second-order valence-corrected chi connectivity index (χ2v) is 6.49. The molecule has 2 aromatic carbocycles. The fourth-order valence-corrected chi connectivity index (χ4v) is 3.90. The van der Waals surface area contributed by atoms with Crippen LogP contribution >= 0.6 is 0 Å². The molecule has 25 heavy (non-hydrogen) atoms. The Hall–Kier alpha value is -2.69. The number of nitrogens with zero attached hydrogens (tertiary/aromatic N) is 1. The largest absolute Gasteiger partial charge is 0.344 e. The molecule has 0 aliphatic heterocycles. The molecular formula is C20H18F2N2O. The number of amides is 1. The lowest BCUT2D eigenvalue weighted by Crippen LogP contribution is -2.32.